The van der Waals surface area contributed by atoms with Crippen molar-refractivity contribution in [1.29, 1.82) is 0 Å². The summed E-state index contributed by atoms with van der Waals surface area (Å²) in [6.07, 6.45) is 1.03. The molecule has 19 heavy (non-hydrogen) atoms. The van der Waals surface area contributed by atoms with Crippen LogP contribution in [0.5, 0.6) is 0 Å². The minimum absolute atomic E-state index is 0.483. The molecule has 1 heterocycles. The molecule has 0 fully saturated rings. The van der Waals surface area contributed by atoms with Gasteiger partial charge in [0.05, 0.1) is 12.2 Å². The van der Waals surface area contributed by atoms with Crippen LogP contribution in [0.3, 0.4) is 0 Å². The highest BCUT2D eigenvalue weighted by Crippen LogP contribution is 2.23. The lowest BCUT2D eigenvalue weighted by molar-refractivity contribution is 0.824. The first-order valence-electron chi connectivity index (χ1n) is 6.33. The van der Waals surface area contributed by atoms with Crippen LogP contribution < -0.4 is 11.1 Å². The summed E-state index contributed by atoms with van der Waals surface area (Å²) < 4.78 is 0. The topological polar surface area (TPSA) is 63.3 Å². The van der Waals surface area contributed by atoms with Crippen molar-refractivity contribution in [2.24, 2.45) is 10.7 Å². The number of hydrogen-bond donors (Lipinski definition) is 2. The second-order valence-electron chi connectivity index (χ2n) is 4.14. The Bertz CT molecular complexity index is 533. The third-order valence-electron chi connectivity index (χ3n) is 2.54. The number of benzene rings is 1. The molecule has 0 radical (unpaired) electrons. The van der Waals surface area contributed by atoms with E-state index >= 15 is 0 Å². The maximum Gasteiger partial charge on any atom is 0.188 e. The van der Waals surface area contributed by atoms with E-state index in [0.717, 1.165) is 29.2 Å². The van der Waals surface area contributed by atoms with Crippen LogP contribution in [0, 0.1) is 0 Å². The number of nitrogens with two attached hydrogens (primary N) is 1. The quantitative estimate of drug-likeness (QED) is 0.651. The predicted molar refractivity (Wildman–Crippen MR) is 81.2 cm³/mol. The molecule has 2 rings (SSSR count). The number of guanidine groups is 1. The fourth-order valence-electron chi connectivity index (χ4n) is 1.57. The molecule has 2 aromatic rings. The predicted octanol–water partition coefficient (Wildman–Crippen LogP) is 2.62. The highest BCUT2D eigenvalue weighted by molar-refractivity contribution is 7.13. The monoisotopic (exact) mass is 274 g/mol. The van der Waals surface area contributed by atoms with Crippen molar-refractivity contribution in [3.63, 3.8) is 0 Å². The van der Waals surface area contributed by atoms with Crippen LogP contribution in [-0.2, 0) is 6.54 Å². The Balaban J connectivity index is 1.98. The normalized spacial score (nSPS) is 11.5. The highest BCUT2D eigenvalue weighted by Gasteiger charge is 2.03. The van der Waals surface area contributed by atoms with Crippen molar-refractivity contribution >= 4 is 17.3 Å². The van der Waals surface area contributed by atoms with Crippen LogP contribution in [0.25, 0.3) is 10.6 Å². The minimum Gasteiger partial charge on any atom is -0.370 e. The van der Waals surface area contributed by atoms with Gasteiger partial charge in [-0.05, 0) is 6.42 Å². The molecular formula is C14H18N4S. The summed E-state index contributed by atoms with van der Waals surface area (Å²) in [6.45, 7) is 3.46. The van der Waals surface area contributed by atoms with E-state index in [4.69, 9.17) is 5.73 Å². The summed E-state index contributed by atoms with van der Waals surface area (Å²) in [5, 5.41) is 6.09. The van der Waals surface area contributed by atoms with Crippen molar-refractivity contribution in [1.82, 2.24) is 10.3 Å². The Labute approximate surface area is 117 Å². The number of aromatic nitrogens is 1. The zero-order chi connectivity index (χ0) is 13.5. The Hall–Kier alpha value is -1.88. The first kappa shape index (κ1) is 13.5. The van der Waals surface area contributed by atoms with Gasteiger partial charge in [-0.3, -0.25) is 0 Å². The van der Waals surface area contributed by atoms with Gasteiger partial charge in [-0.25, -0.2) is 9.98 Å². The lowest BCUT2D eigenvalue weighted by Crippen LogP contribution is -2.32. The summed E-state index contributed by atoms with van der Waals surface area (Å²) >= 11 is 1.63. The summed E-state index contributed by atoms with van der Waals surface area (Å²) in [4.78, 5) is 8.83. The highest BCUT2D eigenvalue weighted by atomic mass is 32.1. The maximum absolute atomic E-state index is 5.74. The fraction of sp³-hybridized carbons (Fsp3) is 0.286. The van der Waals surface area contributed by atoms with Crippen LogP contribution in [0.15, 0.2) is 40.7 Å². The van der Waals surface area contributed by atoms with E-state index in [1.54, 1.807) is 11.3 Å². The van der Waals surface area contributed by atoms with Gasteiger partial charge in [0.2, 0.25) is 0 Å². The molecule has 3 N–H and O–H groups in total. The third kappa shape index (κ3) is 4.06. The second-order valence-corrected chi connectivity index (χ2v) is 5.00. The average Bonchev–Trinajstić information content (AvgIpc) is 2.93. The Morgan fingerprint density at radius 3 is 2.89 bits per heavy atom. The lowest BCUT2D eigenvalue weighted by Gasteiger charge is -2.01. The van der Waals surface area contributed by atoms with Gasteiger partial charge < -0.3 is 11.1 Å². The van der Waals surface area contributed by atoms with E-state index in [2.05, 4.69) is 34.3 Å². The summed E-state index contributed by atoms with van der Waals surface area (Å²) in [7, 11) is 0. The Kier molecular flexibility index (Phi) is 4.92. The van der Waals surface area contributed by atoms with Gasteiger partial charge >= 0.3 is 0 Å². The molecule has 100 valence electrons. The van der Waals surface area contributed by atoms with Crippen molar-refractivity contribution in [3.05, 3.63) is 41.4 Å². The fourth-order valence-corrected chi connectivity index (χ4v) is 2.39. The van der Waals surface area contributed by atoms with E-state index < -0.39 is 0 Å². The van der Waals surface area contributed by atoms with Crippen LogP contribution in [0.2, 0.25) is 0 Å². The average molecular weight is 274 g/mol. The summed E-state index contributed by atoms with van der Waals surface area (Å²) in [6, 6.07) is 10.1. The number of rotatable bonds is 5. The van der Waals surface area contributed by atoms with E-state index in [1.807, 2.05) is 23.6 Å². The van der Waals surface area contributed by atoms with Gasteiger partial charge in [-0.15, -0.1) is 11.3 Å². The van der Waals surface area contributed by atoms with E-state index in [-0.39, 0.29) is 0 Å². The van der Waals surface area contributed by atoms with Crippen LogP contribution in [-0.4, -0.2) is 17.5 Å². The van der Waals surface area contributed by atoms with Crippen LogP contribution >= 0.6 is 11.3 Å². The van der Waals surface area contributed by atoms with E-state index in [9.17, 15) is 0 Å². The molecule has 1 aromatic heterocycles. The molecule has 0 unspecified atom stereocenters. The minimum atomic E-state index is 0.483. The molecule has 5 heteroatoms. The van der Waals surface area contributed by atoms with Gasteiger partial charge in [-0.2, -0.15) is 0 Å². The smallest absolute Gasteiger partial charge is 0.188 e. The number of nitrogens with zero attached hydrogens (tertiary/aromatic N) is 2. The molecule has 0 amide bonds. The molecule has 0 spiro atoms. The molecule has 0 saturated heterocycles. The first-order chi connectivity index (χ1) is 9.29. The van der Waals surface area contributed by atoms with Crippen molar-refractivity contribution < 1.29 is 0 Å². The Morgan fingerprint density at radius 1 is 1.37 bits per heavy atom. The van der Waals surface area contributed by atoms with Gasteiger partial charge in [-0.1, -0.05) is 37.3 Å². The van der Waals surface area contributed by atoms with Crippen molar-refractivity contribution in [3.8, 4) is 10.6 Å². The van der Waals surface area contributed by atoms with Crippen LogP contribution in [0.4, 0.5) is 0 Å². The van der Waals surface area contributed by atoms with E-state index in [0.29, 0.717) is 12.5 Å². The maximum atomic E-state index is 5.74. The van der Waals surface area contributed by atoms with E-state index in [1.165, 1.54) is 0 Å². The van der Waals surface area contributed by atoms with Gasteiger partial charge in [0.15, 0.2) is 5.96 Å². The number of nitrogens with one attached hydrogen (secondary N) is 1. The largest absolute Gasteiger partial charge is 0.370 e. The zero-order valence-electron chi connectivity index (χ0n) is 11.0. The first-order valence-corrected chi connectivity index (χ1v) is 7.21. The SMILES string of the molecule is CCCNC(N)=NCc1csc(-c2ccccc2)n1. The van der Waals surface area contributed by atoms with Gasteiger partial charge in [0, 0.05) is 17.5 Å². The summed E-state index contributed by atoms with van der Waals surface area (Å²) in [5.41, 5.74) is 7.83. The zero-order valence-corrected chi connectivity index (χ0v) is 11.8. The molecular weight excluding hydrogens is 256 g/mol. The summed E-state index contributed by atoms with van der Waals surface area (Å²) in [5.74, 6) is 0.483. The molecule has 0 aliphatic carbocycles. The van der Waals surface area contributed by atoms with Crippen molar-refractivity contribution in [2.45, 2.75) is 19.9 Å². The van der Waals surface area contributed by atoms with Crippen molar-refractivity contribution in [2.75, 3.05) is 6.54 Å². The number of hydrogen-bond acceptors (Lipinski definition) is 3. The second kappa shape index (κ2) is 6.89. The number of aliphatic imine (C=N–C) groups is 1. The van der Waals surface area contributed by atoms with Gasteiger partial charge in [0.1, 0.15) is 5.01 Å². The third-order valence-corrected chi connectivity index (χ3v) is 3.48. The lowest BCUT2D eigenvalue weighted by atomic mass is 10.2. The molecule has 0 bridgehead atoms. The van der Waals surface area contributed by atoms with Gasteiger partial charge in [0.25, 0.3) is 0 Å². The molecule has 1 aromatic carbocycles. The molecule has 0 aliphatic heterocycles. The number of thiazole rings is 1. The molecule has 0 saturated carbocycles. The Morgan fingerprint density at radius 2 is 2.16 bits per heavy atom. The molecule has 0 aliphatic rings. The molecule has 0 atom stereocenters. The molecule has 4 nitrogen and oxygen atoms in total. The standard InChI is InChI=1S/C14H18N4S/c1-2-8-16-14(15)17-9-12-10-19-13(18-12)11-6-4-3-5-7-11/h3-7,10H,2,8-9H2,1H3,(H3,15,16,17). The van der Waals surface area contributed by atoms with Crippen LogP contribution in [0.1, 0.15) is 19.0 Å².